The van der Waals surface area contributed by atoms with Gasteiger partial charge in [0.2, 0.25) is 0 Å². The predicted octanol–water partition coefficient (Wildman–Crippen LogP) is 1.75. The lowest BCUT2D eigenvalue weighted by Gasteiger charge is -2.11. The average molecular weight is 314 g/mol. The van der Waals surface area contributed by atoms with Crippen molar-refractivity contribution in [1.82, 2.24) is 10.6 Å². The number of nitrogens with one attached hydrogen (secondary N) is 2. The maximum Gasteiger partial charge on any atom is 0.338 e. The van der Waals surface area contributed by atoms with Gasteiger partial charge in [-0.1, -0.05) is 6.92 Å². The van der Waals surface area contributed by atoms with Gasteiger partial charge in [-0.05, 0) is 25.5 Å². The van der Waals surface area contributed by atoms with E-state index in [0.29, 0.717) is 12.5 Å². The van der Waals surface area contributed by atoms with Crippen LogP contribution in [0, 0.1) is 11.6 Å². The number of ether oxygens (including phenoxy) is 1. The number of imide groups is 1. The first-order chi connectivity index (χ1) is 10.3. The Balaban J connectivity index is 2.46. The minimum absolute atomic E-state index is 0.120. The Morgan fingerprint density at radius 3 is 2.32 bits per heavy atom. The molecule has 0 aliphatic carbocycles. The van der Waals surface area contributed by atoms with Gasteiger partial charge in [-0.15, -0.1) is 0 Å². The lowest BCUT2D eigenvalue weighted by molar-refractivity contribution is -0.123. The highest BCUT2D eigenvalue weighted by molar-refractivity contribution is 5.97. The second-order valence-corrected chi connectivity index (χ2v) is 4.57. The Morgan fingerprint density at radius 2 is 1.77 bits per heavy atom. The third-order valence-electron chi connectivity index (χ3n) is 2.68. The summed E-state index contributed by atoms with van der Waals surface area (Å²) >= 11 is 0. The third kappa shape index (κ3) is 5.86. The second-order valence-electron chi connectivity index (χ2n) is 4.57. The monoisotopic (exact) mass is 314 g/mol. The van der Waals surface area contributed by atoms with Gasteiger partial charge in [0, 0.05) is 12.1 Å². The molecule has 0 bridgehead atoms. The summed E-state index contributed by atoms with van der Waals surface area (Å²) in [5.41, 5.74) is -0.366. The van der Waals surface area contributed by atoms with Crippen molar-refractivity contribution in [3.05, 3.63) is 35.4 Å². The third-order valence-corrected chi connectivity index (χ3v) is 2.68. The number of carbonyl (C=O) groups excluding carboxylic acids is 3. The molecule has 1 rings (SSSR count). The van der Waals surface area contributed by atoms with E-state index in [-0.39, 0.29) is 11.6 Å². The van der Waals surface area contributed by atoms with E-state index >= 15 is 0 Å². The zero-order valence-corrected chi connectivity index (χ0v) is 12.1. The van der Waals surface area contributed by atoms with E-state index in [0.717, 1.165) is 12.1 Å². The second kappa shape index (κ2) is 8.06. The lowest BCUT2D eigenvalue weighted by atomic mass is 10.2. The van der Waals surface area contributed by atoms with Gasteiger partial charge < -0.3 is 10.1 Å². The number of esters is 1. The number of rotatable bonds is 5. The first-order valence-electron chi connectivity index (χ1n) is 6.55. The molecule has 0 aromatic heterocycles. The van der Waals surface area contributed by atoms with Gasteiger partial charge in [-0.25, -0.2) is 18.4 Å². The Bertz CT molecular complexity index is 558. The Hall–Kier alpha value is -2.51. The van der Waals surface area contributed by atoms with Crippen LogP contribution in [0.4, 0.5) is 13.6 Å². The van der Waals surface area contributed by atoms with Crippen LogP contribution in [0.3, 0.4) is 0 Å². The SMILES string of the molecule is CC[C@@H](C)NC(=O)NC(=O)COC(=O)c1cc(F)cc(F)c1. The van der Waals surface area contributed by atoms with Gasteiger partial charge in [-0.3, -0.25) is 10.1 Å². The fraction of sp³-hybridized carbons (Fsp3) is 0.357. The van der Waals surface area contributed by atoms with E-state index in [9.17, 15) is 23.2 Å². The molecule has 1 atom stereocenters. The maximum atomic E-state index is 12.9. The van der Waals surface area contributed by atoms with Crippen molar-refractivity contribution in [1.29, 1.82) is 0 Å². The van der Waals surface area contributed by atoms with Crippen LogP contribution in [0.15, 0.2) is 18.2 Å². The van der Waals surface area contributed by atoms with Crippen molar-refractivity contribution in [3.8, 4) is 0 Å². The topological polar surface area (TPSA) is 84.5 Å². The zero-order chi connectivity index (χ0) is 16.7. The van der Waals surface area contributed by atoms with Gasteiger partial charge in [-0.2, -0.15) is 0 Å². The molecule has 0 saturated heterocycles. The zero-order valence-electron chi connectivity index (χ0n) is 12.1. The molecule has 0 radical (unpaired) electrons. The van der Waals surface area contributed by atoms with Crippen molar-refractivity contribution in [2.45, 2.75) is 26.3 Å². The Kier molecular flexibility index (Phi) is 6.43. The molecule has 0 aliphatic rings. The summed E-state index contributed by atoms with van der Waals surface area (Å²) in [5.74, 6) is -3.81. The number of amides is 3. The molecule has 0 heterocycles. The summed E-state index contributed by atoms with van der Waals surface area (Å²) in [7, 11) is 0. The largest absolute Gasteiger partial charge is 0.452 e. The van der Waals surface area contributed by atoms with Crippen LogP contribution in [0.2, 0.25) is 0 Å². The summed E-state index contributed by atoms with van der Waals surface area (Å²) in [6.45, 7) is 2.86. The molecule has 0 fully saturated rings. The van der Waals surface area contributed by atoms with Gasteiger partial charge in [0.15, 0.2) is 6.61 Å². The van der Waals surface area contributed by atoms with Gasteiger partial charge >= 0.3 is 12.0 Å². The molecule has 0 unspecified atom stereocenters. The van der Waals surface area contributed by atoms with Crippen molar-refractivity contribution in [3.63, 3.8) is 0 Å². The van der Waals surface area contributed by atoms with E-state index in [1.54, 1.807) is 6.92 Å². The van der Waals surface area contributed by atoms with E-state index < -0.39 is 36.1 Å². The van der Waals surface area contributed by atoms with Crippen LogP contribution >= 0.6 is 0 Å². The van der Waals surface area contributed by atoms with E-state index in [4.69, 9.17) is 0 Å². The molecular formula is C14H16F2N2O4. The molecule has 1 aromatic carbocycles. The van der Waals surface area contributed by atoms with E-state index in [1.807, 2.05) is 12.2 Å². The van der Waals surface area contributed by atoms with Crippen LogP contribution in [0.25, 0.3) is 0 Å². The van der Waals surface area contributed by atoms with Crippen molar-refractivity contribution in [2.75, 3.05) is 6.61 Å². The smallest absolute Gasteiger partial charge is 0.338 e. The van der Waals surface area contributed by atoms with Gasteiger partial charge in [0.1, 0.15) is 11.6 Å². The summed E-state index contributed by atoms with van der Waals surface area (Å²) in [4.78, 5) is 34.3. The number of urea groups is 1. The first kappa shape index (κ1) is 17.5. The summed E-state index contributed by atoms with van der Waals surface area (Å²) in [5, 5.41) is 4.44. The Morgan fingerprint density at radius 1 is 1.18 bits per heavy atom. The molecule has 22 heavy (non-hydrogen) atoms. The Labute approximate surface area is 125 Å². The highest BCUT2D eigenvalue weighted by atomic mass is 19.1. The minimum atomic E-state index is -1.07. The minimum Gasteiger partial charge on any atom is -0.452 e. The van der Waals surface area contributed by atoms with Crippen LogP contribution in [0.1, 0.15) is 30.6 Å². The molecule has 6 nitrogen and oxygen atoms in total. The van der Waals surface area contributed by atoms with Crippen molar-refractivity contribution in [2.24, 2.45) is 0 Å². The molecule has 3 amide bonds. The fourth-order valence-corrected chi connectivity index (χ4v) is 1.41. The summed E-state index contributed by atoms with van der Waals surface area (Å²) in [6, 6.07) is 1.32. The van der Waals surface area contributed by atoms with E-state index in [1.165, 1.54) is 0 Å². The molecular weight excluding hydrogens is 298 g/mol. The lowest BCUT2D eigenvalue weighted by Crippen LogP contribution is -2.44. The number of benzene rings is 1. The van der Waals surface area contributed by atoms with Crippen LogP contribution in [-0.4, -0.2) is 30.6 Å². The number of halogens is 2. The molecule has 0 spiro atoms. The predicted molar refractivity (Wildman–Crippen MR) is 73.1 cm³/mol. The molecule has 0 aliphatic heterocycles. The van der Waals surface area contributed by atoms with Crippen LogP contribution < -0.4 is 10.6 Å². The summed E-state index contributed by atoms with van der Waals surface area (Å²) < 4.78 is 30.4. The van der Waals surface area contributed by atoms with Crippen molar-refractivity contribution < 1.29 is 27.9 Å². The van der Waals surface area contributed by atoms with Crippen molar-refractivity contribution >= 4 is 17.9 Å². The number of hydrogen-bond donors (Lipinski definition) is 2. The normalized spacial score (nSPS) is 11.5. The molecule has 2 N–H and O–H groups in total. The van der Waals surface area contributed by atoms with E-state index in [2.05, 4.69) is 10.1 Å². The number of hydrogen-bond acceptors (Lipinski definition) is 4. The first-order valence-corrected chi connectivity index (χ1v) is 6.55. The van der Waals surface area contributed by atoms with Gasteiger partial charge in [0.25, 0.3) is 5.91 Å². The molecule has 0 saturated carbocycles. The quantitative estimate of drug-likeness (QED) is 0.811. The molecule has 1 aromatic rings. The standard InChI is InChI=1S/C14H16F2N2O4/c1-3-8(2)17-14(21)18-12(19)7-22-13(20)9-4-10(15)6-11(16)5-9/h4-6,8H,3,7H2,1-2H3,(H2,17,18,19,21)/t8-/m1/s1. The fourth-order valence-electron chi connectivity index (χ4n) is 1.41. The van der Waals surface area contributed by atoms with Gasteiger partial charge in [0.05, 0.1) is 5.56 Å². The average Bonchev–Trinajstić information content (AvgIpc) is 2.43. The summed E-state index contributed by atoms with van der Waals surface area (Å²) in [6.07, 6.45) is 0.682. The highest BCUT2D eigenvalue weighted by Gasteiger charge is 2.14. The molecule has 8 heteroatoms. The molecule has 120 valence electrons. The highest BCUT2D eigenvalue weighted by Crippen LogP contribution is 2.09. The maximum absolute atomic E-state index is 12.9. The van der Waals surface area contributed by atoms with Crippen LogP contribution in [0.5, 0.6) is 0 Å². The van der Waals surface area contributed by atoms with Crippen LogP contribution in [-0.2, 0) is 9.53 Å². The number of carbonyl (C=O) groups is 3.